The van der Waals surface area contributed by atoms with Gasteiger partial charge in [0, 0.05) is 6.04 Å². The van der Waals surface area contributed by atoms with Gasteiger partial charge in [-0.15, -0.1) is 0 Å². The van der Waals surface area contributed by atoms with Crippen molar-refractivity contribution in [2.75, 3.05) is 0 Å². The second kappa shape index (κ2) is 3.35. The predicted molar refractivity (Wildman–Crippen MR) is 59.2 cm³/mol. The first-order valence-corrected chi connectivity index (χ1v) is 6.45. The average Bonchev–Trinajstić information content (AvgIpc) is 2.48. The van der Waals surface area contributed by atoms with E-state index in [0.717, 1.165) is 0 Å². The van der Waals surface area contributed by atoms with Crippen molar-refractivity contribution >= 4 is 16.9 Å². The number of carbonyl (C=O) groups is 1. The van der Waals surface area contributed by atoms with Crippen molar-refractivity contribution in [2.24, 2.45) is 11.7 Å². The third kappa shape index (κ3) is 1.33. The van der Waals surface area contributed by atoms with Crippen molar-refractivity contribution in [2.45, 2.75) is 49.7 Å². The predicted octanol–water partition coefficient (Wildman–Crippen LogP) is 0.0605. The summed E-state index contributed by atoms with van der Waals surface area (Å²) in [4.78, 5) is 11.6. The molecule has 2 aliphatic rings. The number of Topliss-reactive ketones (excluding diaryl/α,β-unsaturated/α-hetero) is 1. The molecular formula is C10H17NO4S. The minimum atomic E-state index is -1.99. The molecule has 0 aromatic carbocycles. The van der Waals surface area contributed by atoms with Gasteiger partial charge in [0.25, 0.3) is 0 Å². The highest BCUT2D eigenvalue weighted by Crippen LogP contribution is 2.54. The van der Waals surface area contributed by atoms with Gasteiger partial charge in [0.05, 0.1) is 22.4 Å². The Hall–Kier alpha value is -0.300. The average molecular weight is 247 g/mol. The summed E-state index contributed by atoms with van der Waals surface area (Å²) in [6, 6.07) is -0.394. The molecule has 0 aromatic rings. The lowest BCUT2D eigenvalue weighted by Crippen LogP contribution is -2.57. The first-order chi connectivity index (χ1) is 7.22. The maximum Gasteiger partial charge on any atom is 0.159 e. The topological polar surface area (TPSA) is 89.6 Å². The zero-order valence-electron chi connectivity index (χ0n) is 9.60. The van der Waals surface area contributed by atoms with Crippen LogP contribution in [-0.2, 0) is 20.6 Å². The maximum atomic E-state index is 11.6. The third-order valence-corrected chi connectivity index (χ3v) is 5.17. The van der Waals surface area contributed by atoms with E-state index in [1.165, 1.54) is 6.92 Å². The van der Waals surface area contributed by atoms with Crippen LogP contribution in [0.15, 0.2) is 0 Å². The first-order valence-electron chi connectivity index (χ1n) is 5.28. The number of rotatable bonds is 2. The Labute approximate surface area is 97.0 Å². The molecule has 3 N–H and O–H groups in total. The SMILES string of the molecule is CC(=O)C1C(N)C2(C)CC(S(=O)O)C1(C)O2. The summed E-state index contributed by atoms with van der Waals surface area (Å²) in [5.74, 6) is -0.568. The van der Waals surface area contributed by atoms with Crippen molar-refractivity contribution in [3.05, 3.63) is 0 Å². The lowest BCUT2D eigenvalue weighted by atomic mass is 9.70. The highest BCUT2D eigenvalue weighted by atomic mass is 32.2. The standard InChI is InChI=1S/C10H17NO4S/c1-5(12)7-8(11)9(2)4-6(16(13)14)10(7,3)15-9/h6-8H,4,11H2,1-3H3,(H,13,14). The summed E-state index contributed by atoms with van der Waals surface area (Å²) < 4.78 is 26.4. The molecule has 0 spiro atoms. The second-order valence-corrected chi connectivity index (χ2v) is 6.30. The zero-order valence-corrected chi connectivity index (χ0v) is 10.4. The van der Waals surface area contributed by atoms with E-state index in [0.29, 0.717) is 6.42 Å². The summed E-state index contributed by atoms with van der Waals surface area (Å²) in [5, 5.41) is -0.536. The quantitative estimate of drug-likeness (QED) is 0.673. The third-order valence-electron chi connectivity index (χ3n) is 4.05. The second-order valence-electron chi connectivity index (χ2n) is 5.18. The fraction of sp³-hybridized carbons (Fsp3) is 0.900. The number of carbonyl (C=O) groups excluding carboxylic acids is 1. The van der Waals surface area contributed by atoms with Gasteiger partial charge < -0.3 is 15.0 Å². The van der Waals surface area contributed by atoms with Crippen molar-refractivity contribution in [3.63, 3.8) is 0 Å². The van der Waals surface area contributed by atoms with E-state index in [4.69, 9.17) is 10.5 Å². The number of ketones is 1. The minimum Gasteiger partial charge on any atom is -0.365 e. The van der Waals surface area contributed by atoms with Crippen molar-refractivity contribution in [1.29, 1.82) is 0 Å². The van der Waals surface area contributed by atoms with Gasteiger partial charge >= 0.3 is 0 Å². The molecule has 2 heterocycles. The molecule has 6 heteroatoms. The lowest BCUT2D eigenvalue weighted by molar-refractivity contribution is -0.125. The lowest BCUT2D eigenvalue weighted by Gasteiger charge is -2.36. The highest BCUT2D eigenvalue weighted by Gasteiger charge is 2.69. The van der Waals surface area contributed by atoms with E-state index >= 15 is 0 Å². The molecule has 2 rings (SSSR count). The van der Waals surface area contributed by atoms with Crippen molar-refractivity contribution in [1.82, 2.24) is 0 Å². The summed E-state index contributed by atoms with van der Waals surface area (Å²) in [6.07, 6.45) is 0.428. The van der Waals surface area contributed by atoms with Crippen molar-refractivity contribution < 1.29 is 18.3 Å². The van der Waals surface area contributed by atoms with Gasteiger partial charge in [-0.05, 0) is 27.2 Å². The van der Waals surface area contributed by atoms with Crippen LogP contribution in [0, 0.1) is 5.92 Å². The fourth-order valence-electron chi connectivity index (χ4n) is 3.29. The number of hydrogen-bond donors (Lipinski definition) is 2. The van der Waals surface area contributed by atoms with Crippen LogP contribution in [0.4, 0.5) is 0 Å². The molecule has 5 nitrogen and oxygen atoms in total. The van der Waals surface area contributed by atoms with Crippen LogP contribution >= 0.6 is 0 Å². The van der Waals surface area contributed by atoms with Crippen LogP contribution in [-0.4, -0.2) is 37.0 Å². The Morgan fingerprint density at radius 3 is 2.50 bits per heavy atom. The molecule has 6 atom stereocenters. The molecule has 0 radical (unpaired) electrons. The zero-order chi connectivity index (χ0) is 12.3. The Morgan fingerprint density at radius 2 is 2.12 bits per heavy atom. The molecule has 0 aliphatic carbocycles. The molecular weight excluding hydrogens is 230 g/mol. The van der Waals surface area contributed by atoms with Gasteiger partial charge in [0.15, 0.2) is 11.1 Å². The van der Waals surface area contributed by atoms with E-state index in [-0.39, 0.29) is 5.78 Å². The van der Waals surface area contributed by atoms with E-state index < -0.39 is 39.5 Å². The van der Waals surface area contributed by atoms with Gasteiger partial charge in [0.2, 0.25) is 0 Å². The van der Waals surface area contributed by atoms with E-state index in [2.05, 4.69) is 0 Å². The van der Waals surface area contributed by atoms with Crippen LogP contribution in [0.1, 0.15) is 27.2 Å². The molecule has 0 aromatic heterocycles. The Morgan fingerprint density at radius 1 is 1.56 bits per heavy atom. The molecule has 0 saturated carbocycles. The molecule has 92 valence electrons. The van der Waals surface area contributed by atoms with Crippen LogP contribution in [0.2, 0.25) is 0 Å². The molecule has 2 aliphatic heterocycles. The largest absolute Gasteiger partial charge is 0.365 e. The van der Waals surface area contributed by atoms with Crippen molar-refractivity contribution in [3.8, 4) is 0 Å². The molecule has 2 fully saturated rings. The first kappa shape index (κ1) is 12.2. The van der Waals surface area contributed by atoms with Gasteiger partial charge in [-0.3, -0.25) is 4.79 Å². The number of nitrogens with two attached hydrogens (primary N) is 1. The van der Waals surface area contributed by atoms with Crippen LogP contribution in [0.3, 0.4) is 0 Å². The Bertz CT molecular complexity index is 374. The van der Waals surface area contributed by atoms with E-state index in [1.807, 2.05) is 6.92 Å². The smallest absolute Gasteiger partial charge is 0.159 e. The van der Waals surface area contributed by atoms with E-state index in [1.54, 1.807) is 6.92 Å². The molecule has 2 bridgehead atoms. The fourth-order valence-corrected chi connectivity index (χ4v) is 4.35. The molecule has 0 amide bonds. The minimum absolute atomic E-state index is 0.0751. The highest BCUT2D eigenvalue weighted by molar-refractivity contribution is 7.80. The Balaban J connectivity index is 2.45. The van der Waals surface area contributed by atoms with E-state index in [9.17, 15) is 13.6 Å². The number of hydrogen-bond acceptors (Lipinski definition) is 4. The Kier molecular flexibility index (Phi) is 2.55. The van der Waals surface area contributed by atoms with Gasteiger partial charge in [-0.2, -0.15) is 0 Å². The van der Waals surface area contributed by atoms with Crippen LogP contribution < -0.4 is 5.73 Å². The molecule has 6 unspecified atom stereocenters. The summed E-state index contributed by atoms with van der Waals surface area (Å²) in [6.45, 7) is 4.99. The van der Waals surface area contributed by atoms with Gasteiger partial charge in [0.1, 0.15) is 5.78 Å². The monoisotopic (exact) mass is 247 g/mol. The van der Waals surface area contributed by atoms with Gasteiger partial charge in [-0.1, -0.05) is 0 Å². The number of ether oxygens (including phenoxy) is 1. The van der Waals surface area contributed by atoms with Crippen LogP contribution in [0.5, 0.6) is 0 Å². The molecule has 2 saturated heterocycles. The molecule has 16 heavy (non-hydrogen) atoms. The summed E-state index contributed by atoms with van der Waals surface area (Å²) in [5.41, 5.74) is 4.46. The van der Waals surface area contributed by atoms with Gasteiger partial charge in [-0.25, -0.2) is 4.21 Å². The summed E-state index contributed by atoms with van der Waals surface area (Å²) in [7, 11) is 0. The normalized spacial score (nSPS) is 52.9. The maximum absolute atomic E-state index is 11.6. The summed E-state index contributed by atoms with van der Waals surface area (Å²) >= 11 is -1.99. The number of fused-ring (bicyclic) bond motifs is 2. The van der Waals surface area contributed by atoms with Crippen LogP contribution in [0.25, 0.3) is 0 Å².